The van der Waals surface area contributed by atoms with Crippen LogP contribution in [0.15, 0.2) is 11.4 Å². The third-order valence-corrected chi connectivity index (χ3v) is 2.97. The number of unbranched alkanes of at least 4 members (excludes halogenated alkanes) is 1. The number of hydrogen-bond acceptors (Lipinski definition) is 3. The zero-order valence-electron chi connectivity index (χ0n) is 8.19. The van der Waals surface area contributed by atoms with Gasteiger partial charge in [0, 0.05) is 16.7 Å². The summed E-state index contributed by atoms with van der Waals surface area (Å²) in [5, 5.41) is 11.6. The van der Waals surface area contributed by atoms with Crippen LogP contribution in [-0.4, -0.2) is 12.2 Å². The third-order valence-electron chi connectivity index (χ3n) is 1.96. The van der Waals surface area contributed by atoms with Crippen LogP contribution in [0.25, 0.3) is 0 Å². The maximum absolute atomic E-state index is 9.74. The first kappa shape index (κ1) is 11.1. The van der Waals surface area contributed by atoms with Crippen LogP contribution < -0.4 is 4.74 Å². The molecule has 0 aliphatic carbocycles. The smallest absolute Gasteiger partial charge is 0.129 e. The van der Waals surface area contributed by atoms with E-state index in [1.165, 1.54) is 11.3 Å². The summed E-state index contributed by atoms with van der Waals surface area (Å²) in [4.78, 5) is 0.943. The molecule has 0 aliphatic rings. The van der Waals surface area contributed by atoms with Crippen molar-refractivity contribution in [2.24, 2.45) is 0 Å². The maximum atomic E-state index is 9.74. The van der Waals surface area contributed by atoms with Gasteiger partial charge >= 0.3 is 0 Å². The number of hydrogen-bond donors (Lipinski definition) is 1. The molecule has 0 amide bonds. The molecule has 1 aromatic heterocycles. The number of terminal acetylenes is 1. The van der Waals surface area contributed by atoms with Gasteiger partial charge in [0.1, 0.15) is 5.75 Å². The van der Waals surface area contributed by atoms with Crippen LogP contribution in [0.5, 0.6) is 5.75 Å². The van der Waals surface area contributed by atoms with Gasteiger partial charge in [-0.2, -0.15) is 0 Å². The lowest BCUT2D eigenvalue weighted by Crippen LogP contribution is -1.93. The van der Waals surface area contributed by atoms with Gasteiger partial charge in [0.25, 0.3) is 0 Å². The molecule has 0 fully saturated rings. The van der Waals surface area contributed by atoms with Crippen LogP contribution in [0.4, 0.5) is 0 Å². The molecule has 1 heterocycles. The summed E-state index contributed by atoms with van der Waals surface area (Å²) in [5.41, 5.74) is 0. The summed E-state index contributed by atoms with van der Waals surface area (Å²) < 4.78 is 5.04. The second-order valence-corrected chi connectivity index (χ2v) is 3.94. The van der Waals surface area contributed by atoms with Gasteiger partial charge in [0.05, 0.1) is 13.2 Å². The zero-order valence-corrected chi connectivity index (χ0v) is 9.01. The molecule has 1 aromatic rings. The van der Waals surface area contributed by atoms with Crippen LogP contribution >= 0.6 is 11.3 Å². The second-order valence-electron chi connectivity index (χ2n) is 3.00. The van der Waals surface area contributed by atoms with Crippen LogP contribution in [0.2, 0.25) is 0 Å². The van der Waals surface area contributed by atoms with Gasteiger partial charge in [0.2, 0.25) is 0 Å². The summed E-state index contributed by atoms with van der Waals surface area (Å²) in [6.07, 6.45) is 7.02. The molecular weight excluding hydrogens is 196 g/mol. The molecule has 0 saturated carbocycles. The Morgan fingerprint density at radius 1 is 1.71 bits per heavy atom. The van der Waals surface area contributed by atoms with E-state index in [0.29, 0.717) is 6.42 Å². The predicted octanol–water partition coefficient (Wildman–Crippen LogP) is 2.59. The molecule has 1 rings (SSSR count). The van der Waals surface area contributed by atoms with Gasteiger partial charge < -0.3 is 9.84 Å². The van der Waals surface area contributed by atoms with E-state index < -0.39 is 6.10 Å². The highest BCUT2D eigenvalue weighted by Gasteiger charge is 2.09. The van der Waals surface area contributed by atoms with E-state index in [1.54, 1.807) is 7.11 Å². The molecule has 1 unspecified atom stereocenters. The molecule has 1 atom stereocenters. The van der Waals surface area contributed by atoms with Gasteiger partial charge in [-0.1, -0.05) is 0 Å². The SMILES string of the molecule is C#CCCCC(O)c1cc(OC)cs1. The monoisotopic (exact) mass is 210 g/mol. The second kappa shape index (κ2) is 5.69. The van der Waals surface area contributed by atoms with Crippen molar-refractivity contribution in [3.05, 3.63) is 16.3 Å². The highest BCUT2D eigenvalue weighted by atomic mass is 32.1. The lowest BCUT2D eigenvalue weighted by Gasteiger charge is -2.05. The minimum absolute atomic E-state index is 0.405. The molecular formula is C11H14O2S. The zero-order chi connectivity index (χ0) is 10.4. The van der Waals surface area contributed by atoms with Gasteiger partial charge in [-0.05, 0) is 18.9 Å². The van der Waals surface area contributed by atoms with Gasteiger partial charge in [0.15, 0.2) is 0 Å². The number of aliphatic hydroxyl groups excluding tert-OH is 1. The number of methoxy groups -OCH3 is 1. The molecule has 1 N–H and O–H groups in total. The van der Waals surface area contributed by atoms with Crippen LogP contribution in [0, 0.1) is 12.3 Å². The Balaban J connectivity index is 2.44. The fourth-order valence-electron chi connectivity index (χ4n) is 1.16. The van der Waals surface area contributed by atoms with E-state index in [2.05, 4.69) is 5.92 Å². The Morgan fingerprint density at radius 2 is 2.50 bits per heavy atom. The molecule has 0 saturated heterocycles. The van der Waals surface area contributed by atoms with E-state index in [1.807, 2.05) is 11.4 Å². The van der Waals surface area contributed by atoms with E-state index in [0.717, 1.165) is 23.5 Å². The maximum Gasteiger partial charge on any atom is 0.129 e. The predicted molar refractivity (Wildman–Crippen MR) is 58.5 cm³/mol. The highest BCUT2D eigenvalue weighted by Crippen LogP contribution is 2.29. The minimum atomic E-state index is -0.405. The molecule has 2 nitrogen and oxygen atoms in total. The number of thiophene rings is 1. The summed E-state index contributed by atoms with van der Waals surface area (Å²) in [6, 6.07) is 1.87. The van der Waals surface area contributed by atoms with Crippen molar-refractivity contribution in [3.8, 4) is 18.1 Å². The van der Waals surface area contributed by atoms with Crippen molar-refractivity contribution < 1.29 is 9.84 Å². The molecule has 14 heavy (non-hydrogen) atoms. The molecule has 76 valence electrons. The Hall–Kier alpha value is -0.980. The number of rotatable bonds is 5. The fourth-order valence-corrected chi connectivity index (χ4v) is 2.03. The lowest BCUT2D eigenvalue weighted by atomic mass is 10.1. The quantitative estimate of drug-likeness (QED) is 0.598. The van der Waals surface area contributed by atoms with Gasteiger partial charge in [-0.3, -0.25) is 0 Å². The Labute approximate surface area is 88.5 Å². The number of aliphatic hydroxyl groups is 1. The fraction of sp³-hybridized carbons (Fsp3) is 0.455. The van der Waals surface area contributed by atoms with E-state index >= 15 is 0 Å². The van der Waals surface area contributed by atoms with Crippen LogP contribution in [0.3, 0.4) is 0 Å². The summed E-state index contributed by atoms with van der Waals surface area (Å²) in [6.45, 7) is 0. The first-order chi connectivity index (χ1) is 6.77. The van der Waals surface area contributed by atoms with Crippen molar-refractivity contribution in [1.82, 2.24) is 0 Å². The van der Waals surface area contributed by atoms with Gasteiger partial charge in [-0.15, -0.1) is 23.7 Å². The Morgan fingerprint density at radius 3 is 3.07 bits per heavy atom. The van der Waals surface area contributed by atoms with E-state index in [4.69, 9.17) is 11.2 Å². The standard InChI is InChI=1S/C11H14O2S/c1-3-4-5-6-10(12)11-7-9(13-2)8-14-11/h1,7-8,10,12H,4-6H2,2H3. The third kappa shape index (κ3) is 3.06. The Bertz CT molecular complexity index is 311. The lowest BCUT2D eigenvalue weighted by molar-refractivity contribution is 0.168. The normalized spacial score (nSPS) is 12.1. The minimum Gasteiger partial charge on any atom is -0.496 e. The molecule has 0 bridgehead atoms. The van der Waals surface area contributed by atoms with Crippen molar-refractivity contribution in [3.63, 3.8) is 0 Å². The molecule has 0 aliphatic heterocycles. The Kier molecular flexibility index (Phi) is 4.51. The van der Waals surface area contributed by atoms with Crippen molar-refractivity contribution in [1.29, 1.82) is 0 Å². The largest absolute Gasteiger partial charge is 0.496 e. The molecule has 3 heteroatoms. The van der Waals surface area contributed by atoms with Crippen molar-refractivity contribution in [2.45, 2.75) is 25.4 Å². The summed E-state index contributed by atoms with van der Waals surface area (Å²) in [5.74, 6) is 3.36. The van der Waals surface area contributed by atoms with E-state index in [9.17, 15) is 5.11 Å². The average Bonchev–Trinajstić information content (AvgIpc) is 2.66. The average molecular weight is 210 g/mol. The van der Waals surface area contributed by atoms with Crippen molar-refractivity contribution in [2.75, 3.05) is 7.11 Å². The highest BCUT2D eigenvalue weighted by molar-refractivity contribution is 7.10. The van der Waals surface area contributed by atoms with E-state index in [-0.39, 0.29) is 0 Å². The summed E-state index contributed by atoms with van der Waals surface area (Å²) >= 11 is 1.51. The topological polar surface area (TPSA) is 29.5 Å². The molecule has 0 radical (unpaired) electrons. The number of ether oxygens (including phenoxy) is 1. The van der Waals surface area contributed by atoms with Crippen LogP contribution in [0.1, 0.15) is 30.2 Å². The summed E-state index contributed by atoms with van der Waals surface area (Å²) in [7, 11) is 1.62. The van der Waals surface area contributed by atoms with Crippen molar-refractivity contribution >= 4 is 11.3 Å². The van der Waals surface area contributed by atoms with Gasteiger partial charge in [-0.25, -0.2) is 0 Å². The first-order valence-corrected chi connectivity index (χ1v) is 5.40. The first-order valence-electron chi connectivity index (χ1n) is 4.52. The molecule has 0 aromatic carbocycles. The molecule has 0 spiro atoms. The van der Waals surface area contributed by atoms with Crippen LogP contribution in [-0.2, 0) is 0 Å².